The van der Waals surface area contributed by atoms with E-state index >= 15 is 0 Å². The van der Waals surface area contributed by atoms with Gasteiger partial charge in [-0.05, 0) is 67.7 Å². The van der Waals surface area contributed by atoms with Gasteiger partial charge in [-0.2, -0.15) is 0 Å². The standard InChI is InChI=1S/C27H29N7O2/c1-28-24-16-30-26(33-24)27(36)32-23-8-7-20(13-22(23)19-5-3-2-4-6-19)18-9-11-34(12-10-18)25(35)14-21-15-29-17-31-21/h5,7-8,13,15-18H,2-4,6,9-12,14H2,(H,29,31)(H,30,33)(H,32,36). The van der Waals surface area contributed by atoms with Gasteiger partial charge in [0.05, 0.1) is 18.9 Å². The van der Waals surface area contributed by atoms with Crippen molar-refractivity contribution in [2.75, 3.05) is 18.4 Å². The van der Waals surface area contributed by atoms with Gasteiger partial charge in [0.1, 0.15) is 0 Å². The van der Waals surface area contributed by atoms with Gasteiger partial charge < -0.3 is 20.0 Å². The van der Waals surface area contributed by atoms with Crippen molar-refractivity contribution in [3.8, 4) is 0 Å². The summed E-state index contributed by atoms with van der Waals surface area (Å²) in [5.41, 5.74) is 5.14. The minimum absolute atomic E-state index is 0.126. The summed E-state index contributed by atoms with van der Waals surface area (Å²) in [5.74, 6) is 0.489. The number of hydrogen-bond acceptors (Lipinski definition) is 4. The van der Waals surface area contributed by atoms with Gasteiger partial charge in [-0.1, -0.05) is 18.7 Å². The number of carbonyl (C=O) groups is 2. The van der Waals surface area contributed by atoms with Crippen molar-refractivity contribution < 1.29 is 9.59 Å². The fourth-order valence-electron chi connectivity index (χ4n) is 5.06. The van der Waals surface area contributed by atoms with Gasteiger partial charge >= 0.3 is 5.91 Å². The molecule has 1 aromatic carbocycles. The summed E-state index contributed by atoms with van der Waals surface area (Å²) in [6, 6.07) is 6.28. The third-order valence-corrected chi connectivity index (χ3v) is 7.04. The maximum Gasteiger partial charge on any atom is 0.314 e. The Bertz CT molecular complexity index is 1310. The van der Waals surface area contributed by atoms with E-state index in [1.165, 1.54) is 23.8 Å². The topological polar surface area (TPSA) is 111 Å². The Balaban J connectivity index is 1.31. The molecule has 36 heavy (non-hydrogen) atoms. The van der Waals surface area contributed by atoms with E-state index in [1.807, 2.05) is 11.0 Å². The number of aromatic nitrogens is 4. The van der Waals surface area contributed by atoms with Gasteiger partial charge in [0.25, 0.3) is 5.82 Å². The first-order valence-electron chi connectivity index (χ1n) is 12.4. The Kier molecular flexibility index (Phi) is 6.94. The summed E-state index contributed by atoms with van der Waals surface area (Å²) in [4.78, 5) is 44.5. The lowest BCUT2D eigenvalue weighted by atomic mass is 9.85. The fourth-order valence-corrected chi connectivity index (χ4v) is 5.06. The molecule has 3 N–H and O–H groups in total. The van der Waals surface area contributed by atoms with Crippen LogP contribution < -0.4 is 5.32 Å². The van der Waals surface area contributed by atoms with Crippen LogP contribution in [0.2, 0.25) is 0 Å². The molecule has 0 spiro atoms. The highest BCUT2D eigenvalue weighted by molar-refractivity contribution is 6.03. The summed E-state index contributed by atoms with van der Waals surface area (Å²) in [7, 11) is 0. The highest BCUT2D eigenvalue weighted by atomic mass is 16.2. The zero-order chi connectivity index (χ0) is 24.9. The average Bonchev–Trinajstić information content (AvgIpc) is 3.62. The molecular weight excluding hydrogens is 454 g/mol. The normalized spacial score (nSPS) is 16.3. The summed E-state index contributed by atoms with van der Waals surface area (Å²) < 4.78 is 0. The predicted octanol–water partition coefficient (Wildman–Crippen LogP) is 4.84. The van der Waals surface area contributed by atoms with Crippen LogP contribution >= 0.6 is 0 Å². The van der Waals surface area contributed by atoms with Crippen molar-refractivity contribution >= 4 is 28.9 Å². The first kappa shape index (κ1) is 23.5. The molecular formula is C27H29N7O2. The van der Waals surface area contributed by atoms with Gasteiger partial charge in [0.2, 0.25) is 11.7 Å². The molecule has 0 saturated carbocycles. The number of nitrogens with zero attached hydrogens (tertiary/aromatic N) is 4. The number of amides is 2. The van der Waals surface area contributed by atoms with Crippen molar-refractivity contribution in [3.63, 3.8) is 0 Å². The second-order valence-electron chi connectivity index (χ2n) is 9.37. The maximum atomic E-state index is 12.8. The Morgan fingerprint density at radius 1 is 1.19 bits per heavy atom. The average molecular weight is 484 g/mol. The van der Waals surface area contributed by atoms with E-state index in [9.17, 15) is 9.59 Å². The zero-order valence-corrected chi connectivity index (χ0v) is 20.1. The number of anilines is 1. The van der Waals surface area contributed by atoms with Crippen molar-refractivity contribution in [1.29, 1.82) is 0 Å². The predicted molar refractivity (Wildman–Crippen MR) is 137 cm³/mol. The van der Waals surface area contributed by atoms with Crippen LogP contribution in [0.3, 0.4) is 0 Å². The zero-order valence-electron chi connectivity index (χ0n) is 20.1. The SMILES string of the molecule is [C-]#[N+]c1cnc(C(=O)Nc2ccc(C3CCN(C(=O)Cc4cnc[nH]4)CC3)cc2C2=CCCCC2)[nH]1. The smallest absolute Gasteiger partial charge is 0.314 e. The molecule has 2 aliphatic rings. The summed E-state index contributed by atoms with van der Waals surface area (Å²) in [5, 5.41) is 3.00. The minimum atomic E-state index is -0.362. The van der Waals surface area contributed by atoms with Crippen molar-refractivity contribution in [2.24, 2.45) is 0 Å². The number of aromatic amines is 2. The fraction of sp³-hybridized carbons (Fsp3) is 0.370. The number of likely N-dealkylation sites (tertiary alicyclic amines) is 1. The van der Waals surface area contributed by atoms with Crippen molar-refractivity contribution in [3.05, 3.63) is 77.1 Å². The number of H-pyrrole nitrogens is 2. The molecule has 2 aromatic heterocycles. The molecule has 184 valence electrons. The molecule has 9 nitrogen and oxygen atoms in total. The number of imidazole rings is 2. The quantitative estimate of drug-likeness (QED) is 0.436. The summed E-state index contributed by atoms with van der Waals surface area (Å²) in [6.45, 7) is 8.54. The van der Waals surface area contributed by atoms with E-state index in [0.29, 0.717) is 12.3 Å². The number of hydrogen-bond donors (Lipinski definition) is 3. The van der Waals surface area contributed by atoms with Gasteiger partial charge in [0, 0.05) is 36.2 Å². The van der Waals surface area contributed by atoms with E-state index in [0.717, 1.165) is 62.1 Å². The second kappa shape index (κ2) is 10.6. The van der Waals surface area contributed by atoms with Crippen LogP contribution in [0.5, 0.6) is 0 Å². The first-order chi connectivity index (χ1) is 17.6. The molecule has 0 unspecified atom stereocenters. The van der Waals surface area contributed by atoms with Crippen LogP contribution in [0.1, 0.15) is 71.9 Å². The molecule has 0 bridgehead atoms. The van der Waals surface area contributed by atoms with Crippen LogP contribution in [0.4, 0.5) is 11.5 Å². The molecule has 9 heteroatoms. The van der Waals surface area contributed by atoms with Gasteiger partial charge in [-0.25, -0.2) is 9.97 Å². The third kappa shape index (κ3) is 5.23. The Labute approximate surface area is 209 Å². The Hall–Kier alpha value is -4.19. The van der Waals surface area contributed by atoms with Crippen LogP contribution in [0.25, 0.3) is 10.4 Å². The van der Waals surface area contributed by atoms with Gasteiger partial charge in [-0.15, -0.1) is 0 Å². The molecule has 0 atom stereocenters. The van der Waals surface area contributed by atoms with E-state index in [2.05, 4.69) is 48.3 Å². The molecule has 1 aliphatic carbocycles. The van der Waals surface area contributed by atoms with E-state index in [-0.39, 0.29) is 23.5 Å². The number of benzene rings is 1. The Morgan fingerprint density at radius 2 is 2.06 bits per heavy atom. The van der Waals surface area contributed by atoms with Crippen LogP contribution in [-0.4, -0.2) is 49.7 Å². The molecule has 2 amide bonds. The first-order valence-corrected chi connectivity index (χ1v) is 12.4. The molecule has 1 saturated heterocycles. The molecule has 3 aromatic rings. The molecule has 5 rings (SSSR count). The highest BCUT2D eigenvalue weighted by Gasteiger charge is 2.25. The number of piperidine rings is 1. The third-order valence-electron chi connectivity index (χ3n) is 7.04. The second-order valence-corrected chi connectivity index (χ2v) is 9.37. The van der Waals surface area contributed by atoms with Gasteiger partial charge in [-0.3, -0.25) is 14.6 Å². The van der Waals surface area contributed by atoms with E-state index in [1.54, 1.807) is 12.5 Å². The summed E-state index contributed by atoms with van der Waals surface area (Å²) >= 11 is 0. The maximum absolute atomic E-state index is 12.8. The number of rotatable bonds is 6. The lowest BCUT2D eigenvalue weighted by Gasteiger charge is -2.32. The largest absolute Gasteiger partial charge is 0.363 e. The van der Waals surface area contributed by atoms with Crippen LogP contribution in [-0.2, 0) is 11.2 Å². The molecule has 0 radical (unpaired) electrons. The molecule has 1 fully saturated rings. The Morgan fingerprint density at radius 3 is 2.75 bits per heavy atom. The van der Waals surface area contributed by atoms with Crippen molar-refractivity contribution in [2.45, 2.75) is 50.9 Å². The van der Waals surface area contributed by atoms with Crippen molar-refractivity contribution in [1.82, 2.24) is 24.8 Å². The number of nitrogens with one attached hydrogen (secondary N) is 3. The minimum Gasteiger partial charge on any atom is -0.363 e. The molecule has 3 heterocycles. The van der Waals surface area contributed by atoms with Gasteiger partial charge in [0.15, 0.2) is 0 Å². The van der Waals surface area contributed by atoms with Crippen LogP contribution in [0.15, 0.2) is 43.0 Å². The lowest BCUT2D eigenvalue weighted by molar-refractivity contribution is -0.131. The number of carbonyl (C=O) groups excluding carboxylic acids is 2. The number of allylic oxidation sites excluding steroid dienone is 2. The van der Waals surface area contributed by atoms with E-state index < -0.39 is 0 Å². The lowest BCUT2D eigenvalue weighted by Crippen LogP contribution is -2.38. The molecule has 1 aliphatic heterocycles. The van der Waals surface area contributed by atoms with E-state index in [4.69, 9.17) is 6.57 Å². The monoisotopic (exact) mass is 483 g/mol. The highest BCUT2D eigenvalue weighted by Crippen LogP contribution is 2.36. The summed E-state index contributed by atoms with van der Waals surface area (Å²) in [6.07, 6.45) is 13.4. The van der Waals surface area contributed by atoms with Crippen LogP contribution in [0, 0.1) is 6.57 Å².